The van der Waals surface area contributed by atoms with Gasteiger partial charge in [0.15, 0.2) is 0 Å². The number of aliphatic carboxylic acids is 1. The highest BCUT2D eigenvalue weighted by Crippen LogP contribution is 2.20. The SMILES string of the molecule is O=C(O)C(CNC1CCCC1)c1ccc(F)cc1. The summed E-state index contributed by atoms with van der Waals surface area (Å²) in [5, 5.41) is 12.5. The van der Waals surface area contributed by atoms with E-state index in [0.29, 0.717) is 18.2 Å². The second-order valence-corrected chi connectivity index (χ2v) is 4.83. The highest BCUT2D eigenvalue weighted by molar-refractivity contribution is 5.76. The molecule has 1 aromatic rings. The molecule has 0 aliphatic heterocycles. The van der Waals surface area contributed by atoms with Crippen LogP contribution < -0.4 is 5.32 Å². The molecule has 4 heteroatoms. The van der Waals surface area contributed by atoms with Crippen LogP contribution in [0.3, 0.4) is 0 Å². The van der Waals surface area contributed by atoms with Gasteiger partial charge in [-0.25, -0.2) is 4.39 Å². The van der Waals surface area contributed by atoms with Crippen LogP contribution in [0, 0.1) is 5.82 Å². The van der Waals surface area contributed by atoms with Crippen LogP contribution in [-0.4, -0.2) is 23.7 Å². The predicted molar refractivity (Wildman–Crippen MR) is 67.0 cm³/mol. The maximum Gasteiger partial charge on any atom is 0.312 e. The summed E-state index contributed by atoms with van der Waals surface area (Å²) >= 11 is 0. The van der Waals surface area contributed by atoms with Gasteiger partial charge in [-0.2, -0.15) is 0 Å². The van der Waals surface area contributed by atoms with Crippen LogP contribution >= 0.6 is 0 Å². The zero-order valence-electron chi connectivity index (χ0n) is 10.2. The topological polar surface area (TPSA) is 49.3 Å². The molecule has 1 atom stereocenters. The van der Waals surface area contributed by atoms with Gasteiger partial charge in [0.2, 0.25) is 0 Å². The smallest absolute Gasteiger partial charge is 0.312 e. The highest BCUT2D eigenvalue weighted by atomic mass is 19.1. The van der Waals surface area contributed by atoms with E-state index in [1.165, 1.54) is 25.0 Å². The Morgan fingerprint density at radius 3 is 2.50 bits per heavy atom. The summed E-state index contributed by atoms with van der Waals surface area (Å²) in [7, 11) is 0. The Bertz CT molecular complexity index is 399. The van der Waals surface area contributed by atoms with Crippen LogP contribution in [0.5, 0.6) is 0 Å². The predicted octanol–water partition coefficient (Wildman–Crippen LogP) is 2.53. The first-order valence-electron chi connectivity index (χ1n) is 6.38. The van der Waals surface area contributed by atoms with Crippen molar-refractivity contribution in [3.05, 3.63) is 35.6 Å². The molecule has 1 unspecified atom stereocenters. The van der Waals surface area contributed by atoms with E-state index in [9.17, 15) is 14.3 Å². The van der Waals surface area contributed by atoms with Gasteiger partial charge in [0, 0.05) is 12.6 Å². The molecule has 1 fully saturated rings. The standard InChI is InChI=1S/C14H18FNO2/c15-11-7-5-10(6-8-11)13(14(17)18)9-16-12-3-1-2-4-12/h5-8,12-13,16H,1-4,9H2,(H,17,18). The molecule has 0 amide bonds. The van der Waals surface area contributed by atoms with Crippen LogP contribution in [0.1, 0.15) is 37.2 Å². The Hall–Kier alpha value is -1.42. The average Bonchev–Trinajstić information content (AvgIpc) is 2.84. The number of carboxylic acids is 1. The molecule has 1 saturated carbocycles. The summed E-state index contributed by atoms with van der Waals surface area (Å²) < 4.78 is 12.8. The molecule has 2 rings (SSSR count). The molecule has 0 saturated heterocycles. The lowest BCUT2D eigenvalue weighted by Crippen LogP contribution is -2.33. The molecule has 0 spiro atoms. The van der Waals surface area contributed by atoms with E-state index < -0.39 is 11.9 Å². The monoisotopic (exact) mass is 251 g/mol. The van der Waals surface area contributed by atoms with Crippen molar-refractivity contribution in [1.29, 1.82) is 0 Å². The largest absolute Gasteiger partial charge is 0.481 e. The van der Waals surface area contributed by atoms with Gasteiger partial charge in [-0.1, -0.05) is 25.0 Å². The zero-order valence-corrected chi connectivity index (χ0v) is 10.2. The van der Waals surface area contributed by atoms with Gasteiger partial charge in [0.25, 0.3) is 0 Å². The molecule has 0 heterocycles. The van der Waals surface area contributed by atoms with Gasteiger partial charge in [-0.15, -0.1) is 0 Å². The molecule has 3 nitrogen and oxygen atoms in total. The summed E-state index contributed by atoms with van der Waals surface area (Å²) in [6, 6.07) is 6.14. The molecule has 0 bridgehead atoms. The zero-order chi connectivity index (χ0) is 13.0. The second-order valence-electron chi connectivity index (χ2n) is 4.83. The number of hydrogen-bond acceptors (Lipinski definition) is 2. The Labute approximate surface area is 106 Å². The number of hydrogen-bond donors (Lipinski definition) is 2. The van der Waals surface area contributed by atoms with Gasteiger partial charge in [-0.3, -0.25) is 4.79 Å². The minimum Gasteiger partial charge on any atom is -0.481 e. The fourth-order valence-corrected chi connectivity index (χ4v) is 2.46. The van der Waals surface area contributed by atoms with Gasteiger partial charge in [-0.05, 0) is 30.5 Å². The minimum atomic E-state index is -0.868. The third-order valence-electron chi connectivity index (χ3n) is 3.54. The second kappa shape index (κ2) is 5.96. The number of benzene rings is 1. The van der Waals surface area contributed by atoms with Crippen LogP contribution in [0.2, 0.25) is 0 Å². The molecular weight excluding hydrogens is 233 g/mol. The normalized spacial score (nSPS) is 17.8. The van der Waals surface area contributed by atoms with Gasteiger partial charge < -0.3 is 10.4 Å². The van der Waals surface area contributed by atoms with E-state index in [4.69, 9.17) is 0 Å². The number of rotatable bonds is 5. The Balaban J connectivity index is 1.99. The Kier molecular flexibility index (Phi) is 4.31. The quantitative estimate of drug-likeness (QED) is 0.845. The van der Waals surface area contributed by atoms with Gasteiger partial charge in [0.1, 0.15) is 5.82 Å². The summed E-state index contributed by atoms with van der Waals surface area (Å²) in [6.07, 6.45) is 4.67. The molecule has 2 N–H and O–H groups in total. The van der Waals surface area contributed by atoms with E-state index in [0.717, 1.165) is 12.8 Å². The van der Waals surface area contributed by atoms with E-state index in [2.05, 4.69) is 5.32 Å². The number of carboxylic acid groups (broad SMARTS) is 1. The Morgan fingerprint density at radius 2 is 1.94 bits per heavy atom. The number of carbonyl (C=O) groups is 1. The van der Waals surface area contributed by atoms with Crippen molar-refractivity contribution in [1.82, 2.24) is 5.32 Å². The lowest BCUT2D eigenvalue weighted by atomic mass is 9.99. The van der Waals surface area contributed by atoms with E-state index in [1.807, 2.05) is 0 Å². The molecule has 0 radical (unpaired) electrons. The minimum absolute atomic E-state index is 0.341. The first-order valence-corrected chi connectivity index (χ1v) is 6.38. The average molecular weight is 251 g/mol. The Morgan fingerprint density at radius 1 is 1.33 bits per heavy atom. The molecule has 18 heavy (non-hydrogen) atoms. The third-order valence-corrected chi connectivity index (χ3v) is 3.54. The van der Waals surface area contributed by atoms with Crippen molar-refractivity contribution in [2.24, 2.45) is 0 Å². The molecule has 1 aliphatic rings. The van der Waals surface area contributed by atoms with Crippen LogP contribution in [0.15, 0.2) is 24.3 Å². The van der Waals surface area contributed by atoms with E-state index in [-0.39, 0.29) is 5.82 Å². The van der Waals surface area contributed by atoms with Crippen LogP contribution in [-0.2, 0) is 4.79 Å². The van der Waals surface area contributed by atoms with Crippen molar-refractivity contribution in [3.63, 3.8) is 0 Å². The van der Waals surface area contributed by atoms with Crippen molar-refractivity contribution in [2.75, 3.05) is 6.54 Å². The lowest BCUT2D eigenvalue weighted by molar-refractivity contribution is -0.138. The van der Waals surface area contributed by atoms with E-state index in [1.54, 1.807) is 12.1 Å². The third kappa shape index (κ3) is 3.29. The fraction of sp³-hybridized carbons (Fsp3) is 0.500. The van der Waals surface area contributed by atoms with Crippen LogP contribution in [0.4, 0.5) is 4.39 Å². The maximum atomic E-state index is 12.8. The first-order chi connectivity index (χ1) is 8.66. The summed E-state index contributed by atoms with van der Waals surface area (Å²) in [4.78, 5) is 11.3. The summed E-state index contributed by atoms with van der Waals surface area (Å²) in [6.45, 7) is 0.408. The van der Waals surface area contributed by atoms with Crippen molar-refractivity contribution >= 4 is 5.97 Å². The molecular formula is C14H18FNO2. The van der Waals surface area contributed by atoms with Crippen LogP contribution in [0.25, 0.3) is 0 Å². The van der Waals surface area contributed by atoms with Gasteiger partial charge >= 0.3 is 5.97 Å². The van der Waals surface area contributed by atoms with E-state index >= 15 is 0 Å². The fourth-order valence-electron chi connectivity index (χ4n) is 2.46. The lowest BCUT2D eigenvalue weighted by Gasteiger charge is -2.17. The highest BCUT2D eigenvalue weighted by Gasteiger charge is 2.22. The van der Waals surface area contributed by atoms with Crippen molar-refractivity contribution in [3.8, 4) is 0 Å². The van der Waals surface area contributed by atoms with Crippen molar-refractivity contribution < 1.29 is 14.3 Å². The summed E-state index contributed by atoms with van der Waals surface area (Å²) in [5.41, 5.74) is 0.648. The molecule has 1 aromatic carbocycles. The van der Waals surface area contributed by atoms with Crippen molar-refractivity contribution in [2.45, 2.75) is 37.6 Å². The summed E-state index contributed by atoms with van der Waals surface area (Å²) in [5.74, 6) is -1.81. The van der Waals surface area contributed by atoms with Gasteiger partial charge in [0.05, 0.1) is 5.92 Å². The number of nitrogens with one attached hydrogen (secondary N) is 1. The molecule has 0 aromatic heterocycles. The first kappa shape index (κ1) is 13.0. The maximum absolute atomic E-state index is 12.8. The molecule has 98 valence electrons. The molecule has 1 aliphatic carbocycles. The number of halogens is 1.